The van der Waals surface area contributed by atoms with Crippen molar-refractivity contribution in [3.8, 4) is 0 Å². The van der Waals surface area contributed by atoms with Crippen LogP contribution in [0.4, 0.5) is 0 Å². The molecule has 0 unspecified atom stereocenters. The topological polar surface area (TPSA) is 61.8 Å². The summed E-state index contributed by atoms with van der Waals surface area (Å²) in [6.07, 6.45) is 6.92. The molecule has 0 bridgehead atoms. The summed E-state index contributed by atoms with van der Waals surface area (Å²) >= 11 is 0. The molecule has 4 nitrogen and oxygen atoms in total. The minimum atomic E-state index is 0.168. The molecule has 4 heteroatoms. The molecule has 0 radical (unpaired) electrons. The Kier molecular flexibility index (Phi) is 5.41. The summed E-state index contributed by atoms with van der Waals surface area (Å²) in [4.78, 5) is 2.38. The lowest BCUT2D eigenvalue weighted by atomic mass is 9.89. The molecule has 110 valence electrons. The van der Waals surface area contributed by atoms with Crippen LogP contribution in [-0.2, 0) is 6.54 Å². The third-order valence-corrected chi connectivity index (χ3v) is 4.08. The first-order valence-corrected chi connectivity index (χ1v) is 7.44. The maximum atomic E-state index is 8.73. The van der Waals surface area contributed by atoms with Crippen LogP contribution >= 0.6 is 0 Å². The van der Waals surface area contributed by atoms with Crippen LogP contribution in [0, 0.1) is 5.92 Å². The zero-order valence-corrected chi connectivity index (χ0v) is 12.3. The fourth-order valence-electron chi connectivity index (χ4n) is 3.07. The van der Waals surface area contributed by atoms with Crippen LogP contribution in [0.25, 0.3) is 0 Å². The van der Waals surface area contributed by atoms with Gasteiger partial charge in [-0.05, 0) is 37.4 Å². The van der Waals surface area contributed by atoms with Gasteiger partial charge in [0, 0.05) is 18.7 Å². The van der Waals surface area contributed by atoms with Gasteiger partial charge >= 0.3 is 0 Å². The predicted molar refractivity (Wildman–Crippen MR) is 81.9 cm³/mol. The lowest BCUT2D eigenvalue weighted by Gasteiger charge is -2.27. The van der Waals surface area contributed by atoms with Crippen molar-refractivity contribution < 1.29 is 5.21 Å². The molecule has 0 saturated heterocycles. The van der Waals surface area contributed by atoms with Crippen molar-refractivity contribution in [3.63, 3.8) is 0 Å². The molecule has 0 spiro atoms. The smallest absolute Gasteiger partial charge is 0.170 e. The minimum Gasteiger partial charge on any atom is -0.409 e. The highest BCUT2D eigenvalue weighted by Crippen LogP contribution is 2.24. The van der Waals surface area contributed by atoms with E-state index in [2.05, 4.69) is 23.2 Å². The summed E-state index contributed by atoms with van der Waals surface area (Å²) in [6, 6.07) is 7.90. The summed E-state index contributed by atoms with van der Waals surface area (Å²) in [5.74, 6) is 1.02. The second-order valence-electron chi connectivity index (χ2n) is 5.89. The van der Waals surface area contributed by atoms with E-state index in [0.717, 1.165) is 24.6 Å². The van der Waals surface area contributed by atoms with Crippen LogP contribution in [0.2, 0.25) is 0 Å². The molecule has 0 amide bonds. The third-order valence-electron chi connectivity index (χ3n) is 4.08. The molecular formula is C16H25N3O. The van der Waals surface area contributed by atoms with Gasteiger partial charge in [0.1, 0.15) is 0 Å². The Morgan fingerprint density at radius 3 is 2.80 bits per heavy atom. The Morgan fingerprint density at radius 1 is 1.35 bits per heavy atom. The lowest BCUT2D eigenvalue weighted by molar-refractivity contribution is 0.228. The summed E-state index contributed by atoms with van der Waals surface area (Å²) in [5.41, 5.74) is 7.61. The Labute approximate surface area is 121 Å². The molecule has 0 aliphatic heterocycles. The van der Waals surface area contributed by atoms with E-state index in [0.29, 0.717) is 0 Å². The first-order chi connectivity index (χ1) is 9.69. The number of benzene rings is 1. The van der Waals surface area contributed by atoms with Crippen LogP contribution in [0.3, 0.4) is 0 Å². The number of hydrogen-bond acceptors (Lipinski definition) is 3. The largest absolute Gasteiger partial charge is 0.409 e. The van der Waals surface area contributed by atoms with E-state index in [1.165, 1.54) is 37.7 Å². The Hall–Kier alpha value is -1.55. The van der Waals surface area contributed by atoms with Gasteiger partial charge in [-0.3, -0.25) is 0 Å². The van der Waals surface area contributed by atoms with Crippen molar-refractivity contribution in [2.75, 3.05) is 13.6 Å². The monoisotopic (exact) mass is 275 g/mol. The van der Waals surface area contributed by atoms with Crippen molar-refractivity contribution in [2.45, 2.75) is 38.6 Å². The molecule has 1 aliphatic rings. The molecule has 20 heavy (non-hydrogen) atoms. The van der Waals surface area contributed by atoms with E-state index in [-0.39, 0.29) is 5.84 Å². The molecule has 1 aliphatic carbocycles. The van der Waals surface area contributed by atoms with Gasteiger partial charge in [0.15, 0.2) is 5.84 Å². The van der Waals surface area contributed by atoms with E-state index in [1.807, 2.05) is 18.2 Å². The van der Waals surface area contributed by atoms with Gasteiger partial charge in [-0.1, -0.05) is 42.6 Å². The van der Waals surface area contributed by atoms with Crippen molar-refractivity contribution >= 4 is 5.84 Å². The average molecular weight is 275 g/mol. The van der Waals surface area contributed by atoms with Gasteiger partial charge in [-0.15, -0.1) is 0 Å². The Balaban J connectivity index is 1.91. The first kappa shape index (κ1) is 14.9. The summed E-state index contributed by atoms with van der Waals surface area (Å²) in [5, 5.41) is 11.8. The molecule has 0 heterocycles. The van der Waals surface area contributed by atoms with Gasteiger partial charge in [0.2, 0.25) is 0 Å². The predicted octanol–water partition coefficient (Wildman–Crippen LogP) is 2.79. The lowest BCUT2D eigenvalue weighted by Crippen LogP contribution is -2.26. The molecule has 0 aromatic heterocycles. The molecule has 1 saturated carbocycles. The van der Waals surface area contributed by atoms with E-state index < -0.39 is 0 Å². The minimum absolute atomic E-state index is 0.168. The maximum absolute atomic E-state index is 8.73. The highest BCUT2D eigenvalue weighted by atomic mass is 16.4. The quantitative estimate of drug-likeness (QED) is 0.376. The van der Waals surface area contributed by atoms with Gasteiger partial charge < -0.3 is 15.8 Å². The maximum Gasteiger partial charge on any atom is 0.170 e. The summed E-state index contributed by atoms with van der Waals surface area (Å²) < 4.78 is 0. The summed E-state index contributed by atoms with van der Waals surface area (Å²) in [7, 11) is 2.17. The number of oxime groups is 1. The average Bonchev–Trinajstić information content (AvgIpc) is 2.47. The molecule has 1 aromatic carbocycles. The number of rotatable bonds is 5. The molecule has 2 rings (SSSR count). The fourth-order valence-corrected chi connectivity index (χ4v) is 3.07. The zero-order valence-electron chi connectivity index (χ0n) is 12.3. The highest BCUT2D eigenvalue weighted by molar-refractivity contribution is 5.97. The molecule has 0 atom stereocenters. The van der Waals surface area contributed by atoms with Gasteiger partial charge in [0.05, 0.1) is 0 Å². The first-order valence-electron chi connectivity index (χ1n) is 7.44. The molecule has 1 aromatic rings. The number of nitrogens with zero attached hydrogens (tertiary/aromatic N) is 2. The van der Waals surface area contributed by atoms with Gasteiger partial charge in [-0.25, -0.2) is 0 Å². The second-order valence-corrected chi connectivity index (χ2v) is 5.89. The molecule has 3 N–H and O–H groups in total. The third kappa shape index (κ3) is 4.23. The zero-order chi connectivity index (χ0) is 14.4. The Bertz CT molecular complexity index is 453. The van der Waals surface area contributed by atoms with E-state index in [9.17, 15) is 0 Å². The standard InChI is InChI=1S/C16H25N3O/c1-19(11-13-6-3-2-4-7-13)12-14-8-5-9-15(10-14)16(17)18-20/h5,8-10,13,20H,2-4,6-7,11-12H2,1H3,(H2,17,18). The van der Waals surface area contributed by atoms with Crippen LogP contribution in [0.1, 0.15) is 43.2 Å². The van der Waals surface area contributed by atoms with Crippen molar-refractivity contribution in [1.82, 2.24) is 4.90 Å². The van der Waals surface area contributed by atoms with E-state index >= 15 is 0 Å². The van der Waals surface area contributed by atoms with Crippen molar-refractivity contribution in [2.24, 2.45) is 16.8 Å². The van der Waals surface area contributed by atoms with Crippen molar-refractivity contribution in [3.05, 3.63) is 35.4 Å². The second kappa shape index (κ2) is 7.29. The summed E-state index contributed by atoms with van der Waals surface area (Å²) in [6.45, 7) is 2.07. The van der Waals surface area contributed by atoms with Crippen LogP contribution in [-0.4, -0.2) is 29.5 Å². The van der Waals surface area contributed by atoms with Crippen LogP contribution < -0.4 is 5.73 Å². The fraction of sp³-hybridized carbons (Fsp3) is 0.562. The number of amidine groups is 1. The SMILES string of the molecule is CN(Cc1cccc(C(N)=NO)c1)CC1CCCCC1. The highest BCUT2D eigenvalue weighted by Gasteiger charge is 2.15. The van der Waals surface area contributed by atoms with Gasteiger partial charge in [-0.2, -0.15) is 0 Å². The number of hydrogen-bond donors (Lipinski definition) is 2. The number of nitrogens with two attached hydrogens (primary N) is 1. The van der Waals surface area contributed by atoms with E-state index in [4.69, 9.17) is 10.9 Å². The van der Waals surface area contributed by atoms with Crippen LogP contribution in [0.5, 0.6) is 0 Å². The molecule has 1 fully saturated rings. The normalized spacial score (nSPS) is 17.6. The van der Waals surface area contributed by atoms with Crippen molar-refractivity contribution in [1.29, 1.82) is 0 Å². The van der Waals surface area contributed by atoms with Crippen LogP contribution in [0.15, 0.2) is 29.4 Å². The van der Waals surface area contributed by atoms with E-state index in [1.54, 1.807) is 0 Å². The Morgan fingerprint density at radius 2 is 2.10 bits per heavy atom. The van der Waals surface area contributed by atoms with Gasteiger partial charge in [0.25, 0.3) is 0 Å². The molecular weight excluding hydrogens is 250 g/mol.